The molecule has 1 aromatic rings. The van der Waals surface area contributed by atoms with Gasteiger partial charge in [0.2, 0.25) is 0 Å². The maximum Gasteiger partial charge on any atom is 0.145 e. The van der Waals surface area contributed by atoms with E-state index < -0.39 is 0 Å². The van der Waals surface area contributed by atoms with Gasteiger partial charge in [0.15, 0.2) is 0 Å². The Morgan fingerprint density at radius 3 is 2.68 bits per heavy atom. The highest BCUT2D eigenvalue weighted by atomic mass is 15.3. The molecule has 1 aliphatic rings. The van der Waals surface area contributed by atoms with Crippen molar-refractivity contribution in [3.63, 3.8) is 0 Å². The number of nitrogens with two attached hydrogens (primary N) is 1. The molecule has 1 fully saturated rings. The number of hydrazine groups is 1. The highest BCUT2D eigenvalue weighted by Gasteiger charge is 2.30. The van der Waals surface area contributed by atoms with Gasteiger partial charge in [0.25, 0.3) is 0 Å². The first-order valence-electron chi connectivity index (χ1n) is 7.39. The maximum absolute atomic E-state index is 5.52. The molecule has 5 nitrogen and oxygen atoms in total. The van der Waals surface area contributed by atoms with Crippen LogP contribution in [0, 0.1) is 0 Å². The summed E-state index contributed by atoms with van der Waals surface area (Å²) in [4.78, 5) is 11.5. The Balaban J connectivity index is 2.21. The number of hydrogen-bond donors (Lipinski definition) is 2. The van der Waals surface area contributed by atoms with Crippen LogP contribution in [-0.4, -0.2) is 22.6 Å². The molecule has 0 aliphatic heterocycles. The molecule has 0 saturated heterocycles. The van der Waals surface area contributed by atoms with E-state index in [1.54, 1.807) is 0 Å². The fourth-order valence-corrected chi connectivity index (χ4v) is 2.24. The second kappa shape index (κ2) is 6.70. The van der Waals surface area contributed by atoms with Crippen molar-refractivity contribution in [3.05, 3.63) is 11.9 Å². The Kier molecular flexibility index (Phi) is 4.96. The van der Waals surface area contributed by atoms with Gasteiger partial charge in [0.05, 0.1) is 0 Å². The Bertz CT molecular complexity index is 403. The van der Waals surface area contributed by atoms with Crippen molar-refractivity contribution in [2.75, 3.05) is 16.9 Å². The molecule has 0 aromatic carbocycles. The number of anilines is 2. The monoisotopic (exact) mass is 263 g/mol. The van der Waals surface area contributed by atoms with E-state index in [9.17, 15) is 0 Å². The van der Waals surface area contributed by atoms with Gasteiger partial charge in [0, 0.05) is 25.1 Å². The molecule has 0 amide bonds. The number of hydrogen-bond acceptors (Lipinski definition) is 5. The van der Waals surface area contributed by atoms with Crippen LogP contribution in [-0.2, 0) is 6.42 Å². The summed E-state index contributed by atoms with van der Waals surface area (Å²) in [6, 6.07) is 2.63. The second-order valence-corrected chi connectivity index (χ2v) is 5.20. The zero-order chi connectivity index (χ0) is 13.7. The zero-order valence-corrected chi connectivity index (χ0v) is 12.0. The van der Waals surface area contributed by atoms with E-state index >= 15 is 0 Å². The summed E-state index contributed by atoms with van der Waals surface area (Å²) in [7, 11) is 0. The minimum Gasteiger partial charge on any atom is -0.353 e. The molecule has 106 valence electrons. The average molecular weight is 263 g/mol. The van der Waals surface area contributed by atoms with Crippen molar-refractivity contribution in [2.24, 2.45) is 5.84 Å². The number of rotatable bonds is 8. The summed E-state index contributed by atoms with van der Waals surface area (Å²) in [6.45, 7) is 5.44. The standard InChI is InChI=1S/C14H25N5/c1-3-5-9-19(11-7-8-11)14-10-13(18-15)16-12(17-14)6-4-2/h10-11H,3-9,15H2,1-2H3,(H,16,17,18). The summed E-state index contributed by atoms with van der Waals surface area (Å²) in [6.07, 6.45) is 6.91. The quantitative estimate of drug-likeness (QED) is 0.557. The highest BCUT2D eigenvalue weighted by Crippen LogP contribution is 2.31. The maximum atomic E-state index is 5.52. The Labute approximate surface area is 115 Å². The molecular weight excluding hydrogens is 238 g/mol. The molecule has 1 aromatic heterocycles. The molecule has 1 saturated carbocycles. The third-order valence-corrected chi connectivity index (χ3v) is 3.41. The molecule has 1 aliphatic carbocycles. The number of aromatic nitrogens is 2. The molecule has 0 unspecified atom stereocenters. The van der Waals surface area contributed by atoms with Crippen LogP contribution in [0.15, 0.2) is 6.07 Å². The van der Waals surface area contributed by atoms with E-state index in [0.717, 1.165) is 36.8 Å². The van der Waals surface area contributed by atoms with Crippen molar-refractivity contribution in [1.82, 2.24) is 9.97 Å². The topological polar surface area (TPSA) is 67.1 Å². The molecule has 1 heterocycles. The highest BCUT2D eigenvalue weighted by molar-refractivity contribution is 5.50. The minimum absolute atomic E-state index is 0.668. The van der Waals surface area contributed by atoms with Gasteiger partial charge in [-0.05, 0) is 25.7 Å². The van der Waals surface area contributed by atoms with Gasteiger partial charge in [-0.2, -0.15) is 0 Å². The lowest BCUT2D eigenvalue weighted by molar-refractivity contribution is 0.698. The molecule has 2 rings (SSSR count). The number of aryl methyl sites for hydroxylation is 1. The van der Waals surface area contributed by atoms with Crippen LogP contribution < -0.4 is 16.2 Å². The molecule has 5 heteroatoms. The fraction of sp³-hybridized carbons (Fsp3) is 0.714. The Hall–Kier alpha value is -1.36. The predicted molar refractivity (Wildman–Crippen MR) is 79.1 cm³/mol. The third kappa shape index (κ3) is 3.80. The number of nitrogens with zero attached hydrogens (tertiary/aromatic N) is 3. The van der Waals surface area contributed by atoms with Crippen molar-refractivity contribution < 1.29 is 0 Å². The normalized spacial score (nSPS) is 14.5. The van der Waals surface area contributed by atoms with Crippen molar-refractivity contribution in [2.45, 2.75) is 58.4 Å². The van der Waals surface area contributed by atoms with E-state index in [2.05, 4.69) is 29.2 Å². The summed E-state index contributed by atoms with van der Waals surface area (Å²) < 4.78 is 0. The zero-order valence-electron chi connectivity index (χ0n) is 12.0. The molecule has 0 spiro atoms. The van der Waals surface area contributed by atoms with Crippen LogP contribution in [0.1, 0.15) is 51.8 Å². The number of nitrogen functional groups attached to an aromatic ring is 1. The molecule has 19 heavy (non-hydrogen) atoms. The summed E-state index contributed by atoms with van der Waals surface area (Å²) in [5, 5.41) is 0. The van der Waals surface area contributed by atoms with Crippen molar-refractivity contribution >= 4 is 11.6 Å². The van der Waals surface area contributed by atoms with E-state index in [1.807, 2.05) is 6.07 Å². The lowest BCUT2D eigenvalue weighted by Gasteiger charge is -2.24. The first-order chi connectivity index (χ1) is 9.28. The summed E-state index contributed by atoms with van der Waals surface area (Å²) in [5.74, 6) is 8.15. The van der Waals surface area contributed by atoms with E-state index in [1.165, 1.54) is 25.7 Å². The van der Waals surface area contributed by atoms with Crippen LogP contribution in [0.2, 0.25) is 0 Å². The van der Waals surface area contributed by atoms with Gasteiger partial charge in [-0.25, -0.2) is 15.8 Å². The number of unbranched alkanes of at least 4 members (excludes halogenated alkanes) is 1. The van der Waals surface area contributed by atoms with Gasteiger partial charge in [0.1, 0.15) is 17.5 Å². The van der Waals surface area contributed by atoms with Crippen LogP contribution in [0.5, 0.6) is 0 Å². The Morgan fingerprint density at radius 1 is 1.32 bits per heavy atom. The smallest absolute Gasteiger partial charge is 0.145 e. The lowest BCUT2D eigenvalue weighted by atomic mass is 10.3. The van der Waals surface area contributed by atoms with Gasteiger partial charge in [-0.15, -0.1) is 0 Å². The molecular formula is C14H25N5. The first kappa shape index (κ1) is 14.1. The van der Waals surface area contributed by atoms with Gasteiger partial charge >= 0.3 is 0 Å². The van der Waals surface area contributed by atoms with Crippen LogP contribution >= 0.6 is 0 Å². The summed E-state index contributed by atoms with van der Waals surface area (Å²) in [5.41, 5.74) is 2.66. The fourth-order valence-electron chi connectivity index (χ4n) is 2.24. The lowest BCUT2D eigenvalue weighted by Crippen LogP contribution is -2.28. The number of nitrogens with one attached hydrogen (secondary N) is 1. The largest absolute Gasteiger partial charge is 0.353 e. The van der Waals surface area contributed by atoms with E-state index in [0.29, 0.717) is 6.04 Å². The molecule has 0 atom stereocenters. The van der Waals surface area contributed by atoms with E-state index in [4.69, 9.17) is 10.8 Å². The van der Waals surface area contributed by atoms with Crippen LogP contribution in [0.3, 0.4) is 0 Å². The van der Waals surface area contributed by atoms with Gasteiger partial charge < -0.3 is 10.3 Å². The van der Waals surface area contributed by atoms with Crippen LogP contribution in [0.4, 0.5) is 11.6 Å². The third-order valence-electron chi connectivity index (χ3n) is 3.41. The van der Waals surface area contributed by atoms with Gasteiger partial charge in [-0.1, -0.05) is 20.3 Å². The van der Waals surface area contributed by atoms with Crippen molar-refractivity contribution in [1.29, 1.82) is 0 Å². The van der Waals surface area contributed by atoms with E-state index in [-0.39, 0.29) is 0 Å². The SMILES string of the molecule is CCCCN(c1cc(NN)nc(CCC)n1)C1CC1. The summed E-state index contributed by atoms with van der Waals surface area (Å²) >= 11 is 0. The predicted octanol–water partition coefficient (Wildman–Crippen LogP) is 2.48. The second-order valence-electron chi connectivity index (χ2n) is 5.20. The van der Waals surface area contributed by atoms with Crippen LogP contribution in [0.25, 0.3) is 0 Å². The molecule has 0 radical (unpaired) electrons. The van der Waals surface area contributed by atoms with Crippen molar-refractivity contribution in [3.8, 4) is 0 Å². The minimum atomic E-state index is 0.668. The first-order valence-corrected chi connectivity index (χ1v) is 7.39. The van der Waals surface area contributed by atoms with Gasteiger partial charge in [-0.3, -0.25) is 0 Å². The Morgan fingerprint density at radius 2 is 2.11 bits per heavy atom. The molecule has 3 N–H and O–H groups in total. The average Bonchev–Trinajstić information content (AvgIpc) is 3.24. The molecule has 0 bridgehead atoms.